The lowest BCUT2D eigenvalue weighted by Gasteiger charge is -2.05. The molecule has 0 spiro atoms. The fourth-order valence-electron chi connectivity index (χ4n) is 1.02. The molecule has 1 rings (SSSR count). The van der Waals surface area contributed by atoms with Gasteiger partial charge in [0, 0.05) is 5.92 Å². The van der Waals surface area contributed by atoms with Crippen molar-refractivity contribution in [1.82, 2.24) is 0 Å². The molecular formula is C11H11O2. The van der Waals surface area contributed by atoms with Crippen LogP contribution in [-0.4, -0.2) is 11.1 Å². The smallest absolute Gasteiger partial charge is 0.335 e. The molecule has 0 unspecified atom stereocenters. The first-order valence-corrected chi connectivity index (χ1v) is 3.95. The number of hydrogen-bond donors (Lipinski definition) is 1. The Kier molecular flexibility index (Phi) is 2.85. The number of allylic oxidation sites excluding steroid dienone is 1. The lowest BCUT2D eigenvalue weighted by molar-refractivity contribution is 0.0697. The fourth-order valence-corrected chi connectivity index (χ4v) is 1.02. The van der Waals surface area contributed by atoms with Gasteiger partial charge in [-0.05, 0) is 17.7 Å². The van der Waals surface area contributed by atoms with Gasteiger partial charge >= 0.3 is 5.97 Å². The van der Waals surface area contributed by atoms with Gasteiger partial charge in [0.05, 0.1) is 5.56 Å². The van der Waals surface area contributed by atoms with Crippen molar-refractivity contribution < 1.29 is 9.90 Å². The normalized spacial score (nSPS) is 10.0. The van der Waals surface area contributed by atoms with Crippen LogP contribution in [0, 0.1) is 5.92 Å². The highest BCUT2D eigenvalue weighted by Gasteiger charge is 2.06. The Balaban J connectivity index is 3.04. The van der Waals surface area contributed by atoms with Gasteiger partial charge in [-0.1, -0.05) is 25.1 Å². The Bertz CT molecular complexity index is 329. The molecule has 0 amide bonds. The predicted octanol–water partition coefficient (Wildman–Crippen LogP) is 2.51. The molecule has 13 heavy (non-hydrogen) atoms. The summed E-state index contributed by atoms with van der Waals surface area (Å²) in [6.07, 6.45) is 1.71. The summed E-state index contributed by atoms with van der Waals surface area (Å²) in [7, 11) is 0. The average Bonchev–Trinajstić information content (AvgIpc) is 2.17. The monoisotopic (exact) mass is 175 g/mol. The lowest BCUT2D eigenvalue weighted by atomic mass is 9.99. The zero-order valence-corrected chi connectivity index (χ0v) is 7.45. The second-order valence-electron chi connectivity index (χ2n) is 2.77. The molecule has 2 nitrogen and oxygen atoms in total. The van der Waals surface area contributed by atoms with Gasteiger partial charge in [0.25, 0.3) is 0 Å². The minimum atomic E-state index is -0.904. The minimum Gasteiger partial charge on any atom is -0.478 e. The van der Waals surface area contributed by atoms with Crippen LogP contribution < -0.4 is 0 Å². The first-order chi connectivity index (χ1) is 6.15. The standard InChI is InChI=1S/C11H11O2/c1-3-8(2)9-5-4-6-10(7-9)11(12)13/h3-7H,1H2,2H3,(H,12,13). The second-order valence-corrected chi connectivity index (χ2v) is 2.77. The topological polar surface area (TPSA) is 37.3 Å². The molecule has 0 saturated carbocycles. The van der Waals surface area contributed by atoms with E-state index in [0.717, 1.165) is 11.5 Å². The molecule has 2 heteroatoms. The molecule has 0 atom stereocenters. The van der Waals surface area contributed by atoms with Crippen LogP contribution in [0.2, 0.25) is 0 Å². The molecule has 0 aromatic heterocycles. The van der Waals surface area contributed by atoms with E-state index >= 15 is 0 Å². The molecule has 0 heterocycles. The van der Waals surface area contributed by atoms with Crippen LogP contribution in [0.1, 0.15) is 22.8 Å². The van der Waals surface area contributed by atoms with E-state index in [4.69, 9.17) is 5.11 Å². The number of hydrogen-bond acceptors (Lipinski definition) is 1. The highest BCUT2D eigenvalue weighted by molar-refractivity contribution is 5.87. The van der Waals surface area contributed by atoms with E-state index in [9.17, 15) is 4.79 Å². The highest BCUT2D eigenvalue weighted by atomic mass is 16.4. The molecule has 1 radical (unpaired) electrons. The van der Waals surface area contributed by atoms with Crippen LogP contribution in [0.4, 0.5) is 0 Å². The van der Waals surface area contributed by atoms with E-state index in [1.807, 2.05) is 13.0 Å². The second kappa shape index (κ2) is 3.90. The Morgan fingerprint density at radius 1 is 1.46 bits per heavy atom. The summed E-state index contributed by atoms with van der Waals surface area (Å²) in [5.41, 5.74) is 1.20. The van der Waals surface area contributed by atoms with Crippen LogP contribution in [0.25, 0.3) is 0 Å². The summed E-state index contributed by atoms with van der Waals surface area (Å²) < 4.78 is 0. The Labute approximate surface area is 77.5 Å². The summed E-state index contributed by atoms with van der Waals surface area (Å²) >= 11 is 0. The lowest BCUT2D eigenvalue weighted by Crippen LogP contribution is -1.98. The van der Waals surface area contributed by atoms with Crippen LogP contribution in [0.3, 0.4) is 0 Å². The molecule has 0 aliphatic heterocycles. The zero-order chi connectivity index (χ0) is 9.84. The molecule has 1 aromatic carbocycles. The van der Waals surface area contributed by atoms with E-state index in [-0.39, 0.29) is 0 Å². The van der Waals surface area contributed by atoms with E-state index < -0.39 is 5.97 Å². The van der Waals surface area contributed by atoms with Gasteiger partial charge in [-0.2, -0.15) is 0 Å². The minimum absolute atomic E-state index is 0.304. The van der Waals surface area contributed by atoms with Crippen LogP contribution >= 0.6 is 0 Å². The highest BCUT2D eigenvalue weighted by Crippen LogP contribution is 2.16. The van der Waals surface area contributed by atoms with E-state index in [2.05, 4.69) is 6.58 Å². The molecular weight excluding hydrogens is 164 g/mol. The van der Waals surface area contributed by atoms with E-state index in [1.165, 1.54) is 0 Å². The Morgan fingerprint density at radius 2 is 2.08 bits per heavy atom. The van der Waals surface area contributed by atoms with E-state index in [0.29, 0.717) is 5.56 Å². The van der Waals surface area contributed by atoms with Crippen LogP contribution in [0.5, 0.6) is 0 Å². The maximum absolute atomic E-state index is 10.6. The third kappa shape index (κ3) is 2.18. The van der Waals surface area contributed by atoms with Crippen molar-refractivity contribution in [2.24, 2.45) is 0 Å². The summed E-state index contributed by atoms with van der Waals surface area (Å²) in [6, 6.07) is 6.80. The summed E-state index contributed by atoms with van der Waals surface area (Å²) in [5, 5.41) is 8.73. The quantitative estimate of drug-likeness (QED) is 0.766. The summed E-state index contributed by atoms with van der Waals surface area (Å²) in [6.45, 7) is 5.52. The van der Waals surface area contributed by atoms with Crippen molar-refractivity contribution in [2.75, 3.05) is 0 Å². The van der Waals surface area contributed by atoms with Gasteiger partial charge in [0.1, 0.15) is 0 Å². The number of aromatic carboxylic acids is 1. The van der Waals surface area contributed by atoms with Gasteiger partial charge in [-0.25, -0.2) is 4.79 Å². The SMILES string of the molecule is C=C[C](C)c1cccc(C(=O)O)c1. The maximum Gasteiger partial charge on any atom is 0.335 e. The van der Waals surface area contributed by atoms with E-state index in [1.54, 1.807) is 24.3 Å². The van der Waals surface area contributed by atoms with Crippen molar-refractivity contribution in [3.63, 3.8) is 0 Å². The fraction of sp³-hybridized carbons (Fsp3) is 0.0909. The van der Waals surface area contributed by atoms with Crippen LogP contribution in [0.15, 0.2) is 36.9 Å². The van der Waals surface area contributed by atoms with Crippen molar-refractivity contribution >= 4 is 5.97 Å². The third-order valence-electron chi connectivity index (χ3n) is 1.87. The zero-order valence-electron chi connectivity index (χ0n) is 7.45. The van der Waals surface area contributed by atoms with Crippen molar-refractivity contribution in [3.05, 3.63) is 54.0 Å². The van der Waals surface area contributed by atoms with Gasteiger partial charge in [-0.15, -0.1) is 6.58 Å². The number of carbonyl (C=O) groups is 1. The number of rotatable bonds is 3. The van der Waals surface area contributed by atoms with Crippen molar-refractivity contribution in [1.29, 1.82) is 0 Å². The Hall–Kier alpha value is -1.57. The summed E-state index contributed by atoms with van der Waals surface area (Å²) in [5.74, 6) is 0.0711. The molecule has 67 valence electrons. The molecule has 1 N–H and O–H groups in total. The number of benzene rings is 1. The molecule has 0 aliphatic carbocycles. The third-order valence-corrected chi connectivity index (χ3v) is 1.87. The largest absolute Gasteiger partial charge is 0.478 e. The first-order valence-electron chi connectivity index (χ1n) is 3.95. The molecule has 0 saturated heterocycles. The molecule has 0 fully saturated rings. The molecule has 0 bridgehead atoms. The van der Waals surface area contributed by atoms with Crippen molar-refractivity contribution in [3.8, 4) is 0 Å². The van der Waals surface area contributed by atoms with Gasteiger partial charge in [-0.3, -0.25) is 0 Å². The summed E-state index contributed by atoms with van der Waals surface area (Å²) in [4.78, 5) is 10.6. The van der Waals surface area contributed by atoms with Gasteiger partial charge < -0.3 is 5.11 Å². The Morgan fingerprint density at radius 3 is 2.62 bits per heavy atom. The maximum atomic E-state index is 10.6. The molecule has 1 aromatic rings. The average molecular weight is 175 g/mol. The van der Waals surface area contributed by atoms with Crippen LogP contribution in [-0.2, 0) is 0 Å². The molecule has 0 aliphatic rings. The number of carboxylic acid groups (broad SMARTS) is 1. The van der Waals surface area contributed by atoms with Gasteiger partial charge in [0.2, 0.25) is 0 Å². The number of carboxylic acids is 1. The first kappa shape index (κ1) is 9.52. The van der Waals surface area contributed by atoms with Crippen molar-refractivity contribution in [2.45, 2.75) is 6.92 Å². The predicted molar refractivity (Wildman–Crippen MR) is 51.6 cm³/mol. The van der Waals surface area contributed by atoms with Gasteiger partial charge in [0.15, 0.2) is 0 Å².